The summed E-state index contributed by atoms with van der Waals surface area (Å²) in [5.74, 6) is 1.40. The second-order valence-corrected chi connectivity index (χ2v) is 7.16. The Bertz CT molecular complexity index is 744. The number of methoxy groups -OCH3 is 2. The van der Waals surface area contributed by atoms with Crippen molar-refractivity contribution in [1.82, 2.24) is 10.2 Å². The second-order valence-electron chi connectivity index (χ2n) is 6.16. The highest BCUT2D eigenvalue weighted by Gasteiger charge is 2.25. The Labute approximate surface area is 152 Å². The van der Waals surface area contributed by atoms with E-state index in [0.717, 1.165) is 18.5 Å². The number of ether oxygens (including phenoxy) is 2. The summed E-state index contributed by atoms with van der Waals surface area (Å²) in [6.07, 6.45) is 1.03. The Morgan fingerprint density at radius 3 is 2.84 bits per heavy atom. The molecule has 0 radical (unpaired) electrons. The molecule has 1 unspecified atom stereocenters. The quantitative estimate of drug-likeness (QED) is 0.860. The third-order valence-electron chi connectivity index (χ3n) is 4.69. The van der Waals surface area contributed by atoms with Crippen molar-refractivity contribution >= 4 is 17.2 Å². The van der Waals surface area contributed by atoms with Crippen LogP contribution in [0.2, 0.25) is 0 Å². The van der Waals surface area contributed by atoms with E-state index >= 15 is 0 Å². The van der Waals surface area contributed by atoms with Gasteiger partial charge in [-0.2, -0.15) is 0 Å². The first-order chi connectivity index (χ1) is 12.1. The maximum Gasteiger partial charge on any atom is 0.234 e. The number of hydrogen-bond donors (Lipinski definition) is 1. The highest BCUT2D eigenvalue weighted by atomic mass is 32.1. The summed E-state index contributed by atoms with van der Waals surface area (Å²) in [4.78, 5) is 16.0. The fourth-order valence-electron chi connectivity index (χ4n) is 3.21. The highest BCUT2D eigenvalue weighted by molar-refractivity contribution is 7.10. The molecule has 0 aliphatic carbocycles. The van der Waals surface area contributed by atoms with E-state index in [4.69, 9.17) is 9.47 Å². The lowest BCUT2D eigenvalue weighted by atomic mass is 10.0. The average molecular weight is 360 g/mol. The topological polar surface area (TPSA) is 50.8 Å². The number of benzene rings is 1. The fourth-order valence-corrected chi connectivity index (χ4v) is 4.17. The predicted molar refractivity (Wildman–Crippen MR) is 99.4 cm³/mol. The lowest BCUT2D eigenvalue weighted by molar-refractivity contribution is -0.123. The van der Waals surface area contributed by atoms with Gasteiger partial charge >= 0.3 is 0 Å². The average Bonchev–Trinajstić information content (AvgIpc) is 3.11. The maximum absolute atomic E-state index is 12.4. The van der Waals surface area contributed by atoms with Crippen molar-refractivity contribution in [1.29, 1.82) is 0 Å². The van der Waals surface area contributed by atoms with Crippen LogP contribution in [0.15, 0.2) is 29.6 Å². The summed E-state index contributed by atoms with van der Waals surface area (Å²) in [6, 6.07) is 8.15. The van der Waals surface area contributed by atoms with Crippen molar-refractivity contribution in [3.63, 3.8) is 0 Å². The number of nitrogens with one attached hydrogen (secondary N) is 1. The van der Waals surface area contributed by atoms with E-state index in [1.54, 1.807) is 14.2 Å². The first-order valence-corrected chi connectivity index (χ1v) is 9.28. The van der Waals surface area contributed by atoms with Crippen LogP contribution in [0.5, 0.6) is 11.5 Å². The van der Waals surface area contributed by atoms with Gasteiger partial charge in [0.25, 0.3) is 0 Å². The van der Waals surface area contributed by atoms with Crippen LogP contribution in [0.4, 0.5) is 0 Å². The van der Waals surface area contributed by atoms with Crippen LogP contribution in [0.1, 0.15) is 29.0 Å². The Morgan fingerprint density at radius 2 is 2.08 bits per heavy atom. The van der Waals surface area contributed by atoms with E-state index in [1.807, 2.05) is 29.5 Å². The summed E-state index contributed by atoms with van der Waals surface area (Å²) in [7, 11) is 3.22. The Kier molecular flexibility index (Phi) is 5.60. The van der Waals surface area contributed by atoms with Crippen LogP contribution < -0.4 is 14.8 Å². The van der Waals surface area contributed by atoms with E-state index in [9.17, 15) is 4.79 Å². The minimum Gasteiger partial charge on any atom is -0.493 e. The van der Waals surface area contributed by atoms with Gasteiger partial charge in [0.05, 0.1) is 20.8 Å². The summed E-state index contributed by atoms with van der Waals surface area (Å²) in [5, 5.41) is 5.14. The lowest BCUT2D eigenvalue weighted by Crippen LogP contribution is -2.41. The summed E-state index contributed by atoms with van der Waals surface area (Å²) >= 11 is 1.81. The Morgan fingerprint density at radius 1 is 1.28 bits per heavy atom. The molecule has 0 saturated carbocycles. The van der Waals surface area contributed by atoms with Crippen molar-refractivity contribution in [3.8, 4) is 11.5 Å². The molecule has 5 nitrogen and oxygen atoms in total. The lowest BCUT2D eigenvalue weighted by Gasteiger charge is -2.32. The normalized spacial score (nSPS) is 17.0. The van der Waals surface area contributed by atoms with E-state index in [0.29, 0.717) is 30.6 Å². The van der Waals surface area contributed by atoms with Crippen LogP contribution in [-0.4, -0.2) is 38.1 Å². The van der Waals surface area contributed by atoms with Crippen molar-refractivity contribution in [2.24, 2.45) is 0 Å². The standard InChI is InChI=1S/C19H24N2O3S/c1-13-15-7-9-25-18(15)6-8-21(13)12-19(22)20-11-14-4-5-16(23-2)17(10-14)24-3/h4-5,7,9-10,13H,6,8,11-12H2,1-3H3,(H,20,22). The number of amides is 1. The van der Waals surface area contributed by atoms with Crippen molar-refractivity contribution in [3.05, 3.63) is 45.6 Å². The van der Waals surface area contributed by atoms with Crippen molar-refractivity contribution < 1.29 is 14.3 Å². The Balaban J connectivity index is 1.55. The van der Waals surface area contributed by atoms with Gasteiger partial charge in [-0.15, -0.1) is 11.3 Å². The van der Waals surface area contributed by atoms with Crippen LogP contribution in [-0.2, 0) is 17.8 Å². The smallest absolute Gasteiger partial charge is 0.234 e. The van der Waals surface area contributed by atoms with Gasteiger partial charge in [-0.25, -0.2) is 0 Å². The molecule has 1 N–H and O–H groups in total. The van der Waals surface area contributed by atoms with Gasteiger partial charge < -0.3 is 14.8 Å². The van der Waals surface area contributed by atoms with Gasteiger partial charge in [-0.1, -0.05) is 6.07 Å². The van der Waals surface area contributed by atoms with Gasteiger partial charge in [0.2, 0.25) is 5.91 Å². The predicted octanol–water partition coefficient (Wildman–Crippen LogP) is 3.00. The van der Waals surface area contributed by atoms with Gasteiger partial charge in [0, 0.05) is 24.0 Å². The zero-order valence-electron chi connectivity index (χ0n) is 14.9. The molecule has 134 valence electrons. The molecule has 0 bridgehead atoms. The van der Waals surface area contributed by atoms with Gasteiger partial charge in [-0.3, -0.25) is 9.69 Å². The second kappa shape index (κ2) is 7.89. The first-order valence-electron chi connectivity index (χ1n) is 8.40. The molecule has 1 atom stereocenters. The molecule has 0 fully saturated rings. The van der Waals surface area contributed by atoms with E-state index in [-0.39, 0.29) is 5.91 Å². The number of nitrogens with zero attached hydrogens (tertiary/aromatic N) is 1. The molecule has 1 aliphatic heterocycles. The molecule has 1 aromatic heterocycles. The molecule has 1 aliphatic rings. The zero-order valence-corrected chi connectivity index (χ0v) is 15.7. The van der Waals surface area contributed by atoms with Crippen LogP contribution in [0.3, 0.4) is 0 Å². The van der Waals surface area contributed by atoms with E-state index < -0.39 is 0 Å². The third kappa shape index (κ3) is 3.96. The maximum atomic E-state index is 12.4. The molecule has 25 heavy (non-hydrogen) atoms. The number of rotatable bonds is 6. The molecule has 3 rings (SSSR count). The fraction of sp³-hybridized carbons (Fsp3) is 0.421. The number of carbonyl (C=O) groups excluding carboxylic acids is 1. The third-order valence-corrected chi connectivity index (χ3v) is 5.68. The number of hydrogen-bond acceptors (Lipinski definition) is 5. The van der Waals surface area contributed by atoms with Crippen molar-refractivity contribution in [2.45, 2.75) is 25.9 Å². The minimum atomic E-state index is 0.0420. The monoisotopic (exact) mass is 360 g/mol. The van der Waals surface area contributed by atoms with E-state index in [1.165, 1.54) is 10.4 Å². The van der Waals surface area contributed by atoms with Crippen LogP contribution in [0.25, 0.3) is 0 Å². The Hall–Kier alpha value is -2.05. The largest absolute Gasteiger partial charge is 0.493 e. The molecule has 6 heteroatoms. The molecule has 0 saturated heterocycles. The first kappa shape index (κ1) is 17.8. The van der Waals surface area contributed by atoms with Gasteiger partial charge in [-0.05, 0) is 48.1 Å². The van der Waals surface area contributed by atoms with Crippen LogP contribution >= 0.6 is 11.3 Å². The van der Waals surface area contributed by atoms with Gasteiger partial charge in [0.15, 0.2) is 11.5 Å². The van der Waals surface area contributed by atoms with Gasteiger partial charge in [0.1, 0.15) is 0 Å². The number of fused-ring (bicyclic) bond motifs is 1. The molecule has 0 spiro atoms. The summed E-state index contributed by atoms with van der Waals surface area (Å²) in [5.41, 5.74) is 2.35. The minimum absolute atomic E-state index is 0.0420. The molecule has 1 amide bonds. The number of carbonyl (C=O) groups is 1. The van der Waals surface area contributed by atoms with Crippen molar-refractivity contribution in [2.75, 3.05) is 27.3 Å². The summed E-state index contributed by atoms with van der Waals surface area (Å²) < 4.78 is 10.5. The SMILES string of the molecule is COc1ccc(CNC(=O)CN2CCc3sccc3C2C)cc1OC. The number of thiophene rings is 1. The van der Waals surface area contributed by atoms with E-state index in [2.05, 4.69) is 28.6 Å². The molecule has 1 aromatic carbocycles. The molecular weight excluding hydrogens is 336 g/mol. The van der Waals surface area contributed by atoms with Crippen LogP contribution in [0, 0.1) is 0 Å². The molecule has 2 aromatic rings. The zero-order chi connectivity index (χ0) is 17.8. The molecular formula is C19H24N2O3S. The highest BCUT2D eigenvalue weighted by Crippen LogP contribution is 2.32. The molecule has 2 heterocycles. The summed E-state index contributed by atoms with van der Waals surface area (Å²) in [6.45, 7) is 4.00.